The van der Waals surface area contributed by atoms with E-state index in [4.69, 9.17) is 25.8 Å². The first-order valence-corrected chi connectivity index (χ1v) is 7.84. The fourth-order valence-corrected chi connectivity index (χ4v) is 2.44. The van der Waals surface area contributed by atoms with Crippen molar-refractivity contribution in [3.63, 3.8) is 0 Å². The smallest absolute Gasteiger partial charge is 0.355 e. The van der Waals surface area contributed by atoms with Gasteiger partial charge in [-0.1, -0.05) is 29.8 Å². The molecule has 0 fully saturated rings. The molecule has 0 saturated heterocycles. The third-order valence-corrected chi connectivity index (χ3v) is 3.88. The van der Waals surface area contributed by atoms with Gasteiger partial charge in [-0.05, 0) is 24.3 Å². The Balaban J connectivity index is 1.82. The number of rotatable bonds is 5. The molecule has 1 atom stereocenters. The lowest BCUT2D eigenvalue weighted by Crippen LogP contribution is -2.24. The third kappa shape index (κ3) is 3.62. The second kappa shape index (κ2) is 7.45. The molecule has 2 aromatic rings. The monoisotopic (exact) mass is 377 g/mol. The zero-order valence-electron chi connectivity index (χ0n) is 13.5. The fraction of sp³-hybridized carbons (Fsp3) is 0.111. The molecular formula is C18H13ClFNO5. The van der Waals surface area contributed by atoms with Crippen LogP contribution >= 0.6 is 11.6 Å². The van der Waals surface area contributed by atoms with Crippen molar-refractivity contribution in [3.05, 3.63) is 70.6 Å². The van der Waals surface area contributed by atoms with Crippen molar-refractivity contribution < 1.29 is 28.2 Å². The number of anilines is 1. The Morgan fingerprint density at radius 3 is 2.73 bits per heavy atom. The van der Waals surface area contributed by atoms with Crippen molar-refractivity contribution in [2.24, 2.45) is 0 Å². The number of halogens is 2. The van der Waals surface area contributed by atoms with Crippen LogP contribution in [0.2, 0.25) is 0 Å². The van der Waals surface area contributed by atoms with Crippen LogP contribution in [0.4, 0.5) is 10.1 Å². The summed E-state index contributed by atoms with van der Waals surface area (Å²) in [7, 11) is 1.51. The Labute approximate surface area is 153 Å². The second-order valence-electron chi connectivity index (χ2n) is 5.21. The lowest BCUT2D eigenvalue weighted by molar-refractivity contribution is -0.152. The highest BCUT2D eigenvalue weighted by Gasteiger charge is 2.37. The Morgan fingerprint density at radius 1 is 1.23 bits per heavy atom. The number of ether oxygens (including phenoxy) is 3. The zero-order valence-corrected chi connectivity index (χ0v) is 14.2. The zero-order chi connectivity index (χ0) is 18.7. The van der Waals surface area contributed by atoms with Gasteiger partial charge in [-0.25, -0.2) is 14.0 Å². The van der Waals surface area contributed by atoms with Crippen LogP contribution in [-0.4, -0.2) is 25.3 Å². The molecule has 0 unspecified atom stereocenters. The van der Waals surface area contributed by atoms with E-state index in [1.807, 2.05) is 0 Å². The summed E-state index contributed by atoms with van der Waals surface area (Å²) >= 11 is 5.95. The first-order valence-electron chi connectivity index (χ1n) is 7.47. The number of esters is 2. The molecular weight excluding hydrogens is 365 g/mol. The molecule has 0 saturated carbocycles. The van der Waals surface area contributed by atoms with Crippen molar-refractivity contribution in [2.45, 2.75) is 6.29 Å². The van der Waals surface area contributed by atoms with Gasteiger partial charge < -0.3 is 19.5 Å². The van der Waals surface area contributed by atoms with Gasteiger partial charge >= 0.3 is 11.9 Å². The van der Waals surface area contributed by atoms with Crippen LogP contribution < -0.4 is 10.1 Å². The van der Waals surface area contributed by atoms with Crippen LogP contribution in [0.3, 0.4) is 0 Å². The summed E-state index contributed by atoms with van der Waals surface area (Å²) < 4.78 is 28.9. The number of methoxy groups -OCH3 is 1. The van der Waals surface area contributed by atoms with E-state index < -0.39 is 24.0 Å². The van der Waals surface area contributed by atoms with Crippen LogP contribution in [0, 0.1) is 5.82 Å². The third-order valence-electron chi connectivity index (χ3n) is 3.52. The van der Waals surface area contributed by atoms with E-state index >= 15 is 0 Å². The molecule has 26 heavy (non-hydrogen) atoms. The topological polar surface area (TPSA) is 73.9 Å². The molecule has 1 aliphatic rings. The van der Waals surface area contributed by atoms with Crippen LogP contribution in [0.1, 0.15) is 10.4 Å². The van der Waals surface area contributed by atoms with E-state index in [0.29, 0.717) is 11.4 Å². The van der Waals surface area contributed by atoms with Gasteiger partial charge in [0.2, 0.25) is 0 Å². The molecule has 0 amide bonds. The van der Waals surface area contributed by atoms with E-state index in [-0.39, 0.29) is 16.3 Å². The fourth-order valence-electron chi connectivity index (χ4n) is 2.26. The standard InChI is InChI=1S/C18H13ClFNO5/c1-24-11-6-4-5-10(9-11)21-15-14(19)17(23)26-18(15)25-16(22)12-7-2-3-8-13(12)20/h2-9,18,21H,1H3/t18-/m0/s1. The molecule has 1 aliphatic heterocycles. The lowest BCUT2D eigenvalue weighted by Gasteiger charge is -2.16. The largest absolute Gasteiger partial charge is 0.497 e. The summed E-state index contributed by atoms with van der Waals surface area (Å²) in [4.78, 5) is 23.9. The highest BCUT2D eigenvalue weighted by atomic mass is 35.5. The number of cyclic esters (lactones) is 1. The molecule has 1 N–H and O–H groups in total. The van der Waals surface area contributed by atoms with Crippen LogP contribution in [0.15, 0.2) is 59.3 Å². The van der Waals surface area contributed by atoms with Crippen molar-refractivity contribution in [3.8, 4) is 5.75 Å². The van der Waals surface area contributed by atoms with Crippen LogP contribution in [0.5, 0.6) is 5.75 Å². The summed E-state index contributed by atoms with van der Waals surface area (Å²) in [6, 6.07) is 12.1. The Bertz CT molecular complexity index is 899. The SMILES string of the molecule is COc1cccc(NC2=C(Cl)C(=O)O[C@@H]2OC(=O)c2ccccc2F)c1. The Hall–Kier alpha value is -3.06. The average Bonchev–Trinajstić information content (AvgIpc) is 2.89. The van der Waals surface area contributed by atoms with Gasteiger partial charge in [-0.3, -0.25) is 0 Å². The molecule has 2 aromatic carbocycles. The Kier molecular flexibility index (Phi) is 5.09. The van der Waals surface area contributed by atoms with E-state index in [1.165, 1.54) is 25.3 Å². The van der Waals surface area contributed by atoms with Gasteiger partial charge in [0.1, 0.15) is 17.3 Å². The van der Waals surface area contributed by atoms with Gasteiger partial charge in [0.05, 0.1) is 12.7 Å². The summed E-state index contributed by atoms with van der Waals surface area (Å²) in [5.74, 6) is -2.03. The second-order valence-corrected chi connectivity index (χ2v) is 5.58. The highest BCUT2D eigenvalue weighted by Crippen LogP contribution is 2.29. The normalized spacial score (nSPS) is 16.3. The minimum Gasteiger partial charge on any atom is -0.497 e. The van der Waals surface area contributed by atoms with E-state index in [1.54, 1.807) is 24.3 Å². The van der Waals surface area contributed by atoms with Gasteiger partial charge in [-0.2, -0.15) is 0 Å². The van der Waals surface area contributed by atoms with E-state index in [9.17, 15) is 14.0 Å². The number of hydrogen-bond donors (Lipinski definition) is 1. The highest BCUT2D eigenvalue weighted by molar-refractivity contribution is 6.42. The predicted molar refractivity (Wildman–Crippen MR) is 91.2 cm³/mol. The molecule has 0 aliphatic carbocycles. The predicted octanol–water partition coefficient (Wildman–Crippen LogP) is 3.44. The number of carbonyl (C=O) groups excluding carboxylic acids is 2. The first-order chi connectivity index (χ1) is 12.5. The van der Waals surface area contributed by atoms with Gasteiger partial charge in [0.15, 0.2) is 5.03 Å². The maximum absolute atomic E-state index is 13.7. The maximum atomic E-state index is 13.7. The minimum atomic E-state index is -1.42. The van der Waals surface area contributed by atoms with E-state index in [0.717, 1.165) is 6.07 Å². The van der Waals surface area contributed by atoms with Crippen LogP contribution in [0.25, 0.3) is 0 Å². The number of nitrogens with one attached hydrogen (secondary N) is 1. The molecule has 0 radical (unpaired) electrons. The van der Waals surface area contributed by atoms with Gasteiger partial charge in [0, 0.05) is 11.8 Å². The van der Waals surface area contributed by atoms with Gasteiger partial charge in [0.25, 0.3) is 6.29 Å². The molecule has 0 spiro atoms. The summed E-state index contributed by atoms with van der Waals surface area (Å²) in [5, 5.41) is 2.60. The van der Waals surface area contributed by atoms with Crippen molar-refractivity contribution in [1.29, 1.82) is 0 Å². The minimum absolute atomic E-state index is 0.0367. The average molecular weight is 378 g/mol. The number of hydrogen-bond acceptors (Lipinski definition) is 6. The molecule has 0 aromatic heterocycles. The summed E-state index contributed by atoms with van der Waals surface area (Å²) in [6.07, 6.45) is -1.42. The Morgan fingerprint density at radius 2 is 2.00 bits per heavy atom. The van der Waals surface area contributed by atoms with Crippen molar-refractivity contribution in [1.82, 2.24) is 0 Å². The molecule has 1 heterocycles. The maximum Gasteiger partial charge on any atom is 0.355 e. The molecule has 8 heteroatoms. The van der Waals surface area contributed by atoms with Crippen LogP contribution in [-0.2, 0) is 14.3 Å². The lowest BCUT2D eigenvalue weighted by atomic mass is 10.2. The summed E-state index contributed by atoms with van der Waals surface area (Å²) in [6.45, 7) is 0. The molecule has 134 valence electrons. The number of carbonyl (C=O) groups is 2. The molecule has 6 nitrogen and oxygen atoms in total. The van der Waals surface area contributed by atoms with Gasteiger partial charge in [-0.15, -0.1) is 0 Å². The summed E-state index contributed by atoms with van der Waals surface area (Å²) in [5.41, 5.74) is 0.282. The van der Waals surface area contributed by atoms with E-state index in [2.05, 4.69) is 5.32 Å². The number of benzene rings is 2. The molecule has 0 bridgehead atoms. The molecule has 3 rings (SSSR count). The quantitative estimate of drug-likeness (QED) is 0.805. The van der Waals surface area contributed by atoms with Crippen molar-refractivity contribution >= 4 is 29.2 Å². The van der Waals surface area contributed by atoms with Crippen molar-refractivity contribution in [2.75, 3.05) is 12.4 Å². The first kappa shape index (κ1) is 17.8.